The van der Waals surface area contributed by atoms with Gasteiger partial charge in [-0.05, 0) is 104 Å². The topological polar surface area (TPSA) is 16.4 Å². The third-order valence-corrected chi connectivity index (χ3v) is 13.7. The van der Waals surface area contributed by atoms with Gasteiger partial charge in [0, 0.05) is 58.8 Å². The van der Waals surface area contributed by atoms with Crippen LogP contribution in [0.2, 0.25) is 0 Å². The van der Waals surface area contributed by atoms with Crippen LogP contribution in [0.4, 0.5) is 17.1 Å². The Kier molecular flexibility index (Phi) is 7.18. The number of benzene rings is 9. The lowest BCUT2D eigenvalue weighted by atomic mass is 9.82. The van der Waals surface area contributed by atoms with E-state index in [2.05, 4.69) is 207 Å². The van der Waals surface area contributed by atoms with Crippen molar-refractivity contribution in [3.8, 4) is 33.4 Å². The summed E-state index contributed by atoms with van der Waals surface area (Å²) in [4.78, 5) is 2.42. The first-order chi connectivity index (χ1) is 28.5. The highest BCUT2D eigenvalue weighted by atomic mass is 32.1. The Labute approximate surface area is 340 Å². The van der Waals surface area contributed by atoms with E-state index in [-0.39, 0.29) is 5.41 Å². The van der Waals surface area contributed by atoms with E-state index in [1.54, 1.807) is 0 Å². The van der Waals surface area contributed by atoms with Gasteiger partial charge in [-0.25, -0.2) is 0 Å². The van der Waals surface area contributed by atoms with E-state index in [0.29, 0.717) is 0 Å². The predicted molar refractivity (Wildman–Crippen MR) is 247 cm³/mol. The molecule has 58 heavy (non-hydrogen) atoms. The van der Waals surface area contributed by atoms with Gasteiger partial charge in [-0.15, -0.1) is 11.3 Å². The molecule has 2 nitrogen and oxygen atoms in total. The normalized spacial score (nSPS) is 13.1. The summed E-state index contributed by atoms with van der Waals surface area (Å²) in [5, 5.41) is 7.23. The van der Waals surface area contributed by atoms with Gasteiger partial charge in [-0.3, -0.25) is 0 Å². The van der Waals surface area contributed by atoms with Gasteiger partial charge in [0.2, 0.25) is 0 Å². The Balaban J connectivity index is 1.02. The van der Waals surface area contributed by atoms with Gasteiger partial charge < -0.3 is 9.32 Å². The number of thiophene rings is 1. The van der Waals surface area contributed by atoms with Gasteiger partial charge in [-0.1, -0.05) is 147 Å². The van der Waals surface area contributed by atoms with Crippen molar-refractivity contribution in [1.82, 2.24) is 0 Å². The highest BCUT2D eigenvalue weighted by Crippen LogP contribution is 2.51. The molecule has 0 amide bonds. The summed E-state index contributed by atoms with van der Waals surface area (Å²) in [6.45, 7) is 4.71. The Morgan fingerprint density at radius 1 is 0.448 bits per heavy atom. The maximum atomic E-state index is 6.61. The van der Waals surface area contributed by atoms with E-state index in [0.717, 1.165) is 55.5 Å². The standard InChI is InChI=1S/C55H37NOS/c1-55(2)48-21-7-5-16-43(48)44-31-29-39(33-49(44)55)56(37-27-24-35(25-28-37)42-19-10-20-46-45-17-6-8-23-51(45)58-54(42)46)38-14-9-13-36(32-38)40-18-11-22-50-52(40)47-30-26-34-12-3-4-15-41(34)53(47)57-50/h3-33H,1-2H3. The third kappa shape index (κ3) is 4.90. The minimum absolute atomic E-state index is 0.121. The molecule has 0 saturated heterocycles. The second kappa shape index (κ2) is 12.5. The number of hydrogen-bond acceptors (Lipinski definition) is 3. The van der Waals surface area contributed by atoms with Crippen molar-refractivity contribution in [1.29, 1.82) is 0 Å². The first kappa shape index (κ1) is 33.2. The molecule has 0 saturated carbocycles. The van der Waals surface area contributed by atoms with Crippen molar-refractivity contribution in [2.75, 3.05) is 4.90 Å². The molecule has 1 aliphatic carbocycles. The minimum Gasteiger partial charge on any atom is -0.455 e. The Morgan fingerprint density at radius 2 is 1.14 bits per heavy atom. The van der Waals surface area contributed by atoms with Gasteiger partial charge in [0.1, 0.15) is 11.2 Å². The smallest absolute Gasteiger partial charge is 0.143 e. The van der Waals surface area contributed by atoms with Crippen LogP contribution in [0.25, 0.3) is 86.3 Å². The number of nitrogens with zero attached hydrogens (tertiary/aromatic N) is 1. The van der Waals surface area contributed by atoms with E-state index < -0.39 is 0 Å². The molecular formula is C55H37NOS. The zero-order chi connectivity index (χ0) is 38.5. The fraction of sp³-hybridized carbons (Fsp3) is 0.0545. The van der Waals surface area contributed by atoms with Crippen LogP contribution in [0.5, 0.6) is 0 Å². The summed E-state index contributed by atoms with van der Waals surface area (Å²) < 4.78 is 9.26. The van der Waals surface area contributed by atoms with Crippen LogP contribution in [-0.2, 0) is 5.41 Å². The van der Waals surface area contributed by atoms with Crippen molar-refractivity contribution in [2.24, 2.45) is 0 Å². The second-order valence-electron chi connectivity index (χ2n) is 16.1. The highest BCUT2D eigenvalue weighted by molar-refractivity contribution is 7.26. The summed E-state index contributed by atoms with van der Waals surface area (Å²) >= 11 is 1.88. The zero-order valence-electron chi connectivity index (χ0n) is 32.2. The van der Waals surface area contributed by atoms with Crippen LogP contribution in [0.1, 0.15) is 25.0 Å². The highest BCUT2D eigenvalue weighted by Gasteiger charge is 2.35. The number of rotatable bonds is 5. The van der Waals surface area contributed by atoms with Crippen LogP contribution < -0.4 is 4.90 Å². The van der Waals surface area contributed by atoms with Crippen molar-refractivity contribution in [2.45, 2.75) is 19.3 Å². The quantitative estimate of drug-likeness (QED) is 0.174. The van der Waals surface area contributed by atoms with E-state index >= 15 is 0 Å². The first-order valence-corrected chi connectivity index (χ1v) is 20.8. The van der Waals surface area contributed by atoms with Crippen LogP contribution in [0, 0.1) is 0 Å². The van der Waals surface area contributed by atoms with Gasteiger partial charge in [0.25, 0.3) is 0 Å². The largest absolute Gasteiger partial charge is 0.455 e. The van der Waals surface area contributed by atoms with Crippen molar-refractivity contribution < 1.29 is 4.42 Å². The minimum atomic E-state index is -0.121. The average molecular weight is 760 g/mol. The number of anilines is 3. The van der Waals surface area contributed by atoms with Crippen LogP contribution >= 0.6 is 11.3 Å². The molecule has 2 heterocycles. The summed E-state index contributed by atoms with van der Waals surface area (Å²) in [5.74, 6) is 0. The van der Waals surface area contributed by atoms with E-state index in [9.17, 15) is 0 Å². The summed E-state index contributed by atoms with van der Waals surface area (Å²) in [6.07, 6.45) is 0. The van der Waals surface area contributed by atoms with Crippen LogP contribution in [0.15, 0.2) is 192 Å². The lowest BCUT2D eigenvalue weighted by Gasteiger charge is -2.28. The van der Waals surface area contributed by atoms with Gasteiger partial charge in [-0.2, -0.15) is 0 Å². The van der Waals surface area contributed by atoms with Crippen molar-refractivity contribution in [3.05, 3.63) is 199 Å². The van der Waals surface area contributed by atoms with Crippen LogP contribution in [-0.4, -0.2) is 0 Å². The molecule has 0 bridgehead atoms. The lowest BCUT2D eigenvalue weighted by Crippen LogP contribution is -2.16. The first-order valence-electron chi connectivity index (χ1n) is 20.0. The van der Waals surface area contributed by atoms with E-state index in [1.807, 2.05) is 11.3 Å². The Morgan fingerprint density at radius 3 is 2.05 bits per heavy atom. The summed E-state index contributed by atoms with van der Waals surface area (Å²) in [6, 6.07) is 68.9. The molecule has 0 radical (unpaired) electrons. The monoisotopic (exact) mass is 759 g/mol. The van der Waals surface area contributed by atoms with E-state index in [1.165, 1.54) is 58.9 Å². The van der Waals surface area contributed by atoms with Gasteiger partial charge >= 0.3 is 0 Å². The van der Waals surface area contributed by atoms with Crippen LogP contribution in [0.3, 0.4) is 0 Å². The molecule has 12 rings (SSSR count). The zero-order valence-corrected chi connectivity index (χ0v) is 33.0. The molecule has 11 aromatic rings. The molecule has 3 heteroatoms. The molecule has 274 valence electrons. The molecule has 0 spiro atoms. The van der Waals surface area contributed by atoms with Gasteiger partial charge in [0.05, 0.1) is 0 Å². The second-order valence-corrected chi connectivity index (χ2v) is 17.1. The lowest BCUT2D eigenvalue weighted by molar-refractivity contribution is 0.660. The third-order valence-electron chi connectivity index (χ3n) is 12.5. The maximum Gasteiger partial charge on any atom is 0.143 e. The van der Waals surface area contributed by atoms with E-state index in [4.69, 9.17) is 4.42 Å². The fourth-order valence-electron chi connectivity index (χ4n) is 9.65. The maximum absolute atomic E-state index is 6.61. The molecule has 0 N–H and O–H groups in total. The summed E-state index contributed by atoms with van der Waals surface area (Å²) in [7, 11) is 0. The Bertz CT molecular complexity index is 3440. The SMILES string of the molecule is CC1(C)c2ccccc2-c2ccc(N(c3ccc(-c4cccc5c4sc4ccccc45)cc3)c3cccc(-c4cccc5oc6c7ccccc7ccc6c45)c3)cc21. The predicted octanol–water partition coefficient (Wildman–Crippen LogP) is 16.2. The van der Waals surface area contributed by atoms with Gasteiger partial charge in [0.15, 0.2) is 0 Å². The Hall–Kier alpha value is -6.94. The number of hydrogen-bond donors (Lipinski definition) is 0. The average Bonchev–Trinajstić information content (AvgIpc) is 3.92. The number of fused-ring (bicyclic) bond motifs is 11. The van der Waals surface area contributed by atoms with Crippen molar-refractivity contribution >= 4 is 81.3 Å². The van der Waals surface area contributed by atoms with Crippen molar-refractivity contribution in [3.63, 3.8) is 0 Å². The summed E-state index contributed by atoms with van der Waals surface area (Å²) in [5.41, 5.74) is 15.2. The molecule has 0 atom stereocenters. The molecule has 0 fully saturated rings. The molecule has 0 aliphatic heterocycles. The molecule has 9 aromatic carbocycles. The molecular weight excluding hydrogens is 723 g/mol. The molecule has 2 aromatic heterocycles. The molecule has 1 aliphatic rings. The molecule has 0 unspecified atom stereocenters. The fourth-order valence-corrected chi connectivity index (χ4v) is 10.9. The number of furan rings is 1.